The fourth-order valence-electron chi connectivity index (χ4n) is 4.98. The van der Waals surface area contributed by atoms with Crippen molar-refractivity contribution in [1.82, 2.24) is 0 Å². The van der Waals surface area contributed by atoms with Gasteiger partial charge >= 0.3 is 0 Å². The van der Waals surface area contributed by atoms with E-state index in [1.807, 2.05) is 17.0 Å². The molecule has 0 aromatic heterocycles. The molecule has 0 saturated carbocycles. The van der Waals surface area contributed by atoms with Crippen LogP contribution in [0.3, 0.4) is 0 Å². The average Bonchev–Trinajstić information content (AvgIpc) is 3.19. The summed E-state index contributed by atoms with van der Waals surface area (Å²) in [5.41, 5.74) is 3.57. The highest BCUT2D eigenvalue weighted by Crippen LogP contribution is 2.40. The summed E-state index contributed by atoms with van der Waals surface area (Å²) in [5, 5.41) is 8.78. The third kappa shape index (κ3) is 3.97. The molecule has 1 N–H and O–H groups in total. The zero-order chi connectivity index (χ0) is 20.7. The Balaban J connectivity index is 1.22. The molecule has 30 heavy (non-hydrogen) atoms. The van der Waals surface area contributed by atoms with Gasteiger partial charge in [-0.2, -0.15) is 0 Å². The molecule has 3 aliphatic rings. The Kier molecular flexibility index (Phi) is 5.27. The number of fused-ring (bicyclic) bond motifs is 1. The van der Waals surface area contributed by atoms with Gasteiger partial charge in [0.1, 0.15) is 0 Å². The maximum Gasteiger partial charge on any atom is 0.161 e. The SMILES string of the molecule is N=C1S[C@@H]2CS(=O)(=O)C[C@H]2N1c1ccc(N2CCC(Cc3ccccc3)CC2)cc1. The van der Waals surface area contributed by atoms with Gasteiger partial charge in [0.15, 0.2) is 15.0 Å². The van der Waals surface area contributed by atoms with Gasteiger partial charge in [0.05, 0.1) is 17.5 Å². The second-order valence-electron chi connectivity index (χ2n) is 8.61. The Labute approximate surface area is 182 Å². The summed E-state index contributed by atoms with van der Waals surface area (Å²) in [6, 6.07) is 19.0. The van der Waals surface area contributed by atoms with Crippen molar-refractivity contribution in [3.8, 4) is 0 Å². The van der Waals surface area contributed by atoms with Gasteiger partial charge in [-0.05, 0) is 55.0 Å². The van der Waals surface area contributed by atoms with Crippen LogP contribution in [0.25, 0.3) is 0 Å². The van der Waals surface area contributed by atoms with Crippen LogP contribution in [0.5, 0.6) is 0 Å². The molecule has 3 aliphatic heterocycles. The molecule has 0 amide bonds. The minimum atomic E-state index is -2.99. The quantitative estimate of drug-likeness (QED) is 0.782. The van der Waals surface area contributed by atoms with E-state index in [1.54, 1.807) is 0 Å². The van der Waals surface area contributed by atoms with Crippen LogP contribution in [0.4, 0.5) is 11.4 Å². The van der Waals surface area contributed by atoms with E-state index in [4.69, 9.17) is 5.41 Å². The van der Waals surface area contributed by atoms with Gasteiger partial charge in [0.25, 0.3) is 0 Å². The lowest BCUT2D eigenvalue weighted by atomic mass is 9.90. The maximum atomic E-state index is 12.0. The van der Waals surface area contributed by atoms with Crippen LogP contribution in [0, 0.1) is 11.3 Å². The molecule has 0 radical (unpaired) electrons. The smallest absolute Gasteiger partial charge is 0.161 e. The van der Waals surface area contributed by atoms with Crippen LogP contribution in [0.1, 0.15) is 18.4 Å². The molecule has 0 unspecified atom stereocenters. The van der Waals surface area contributed by atoms with E-state index in [9.17, 15) is 8.42 Å². The molecule has 2 atom stereocenters. The predicted octanol–water partition coefficient (Wildman–Crippen LogP) is 3.80. The van der Waals surface area contributed by atoms with E-state index in [1.165, 1.54) is 35.9 Å². The largest absolute Gasteiger partial charge is 0.372 e. The lowest BCUT2D eigenvalue weighted by molar-refractivity contribution is 0.404. The third-order valence-corrected chi connectivity index (χ3v) is 9.69. The van der Waals surface area contributed by atoms with E-state index in [0.717, 1.165) is 31.1 Å². The summed E-state index contributed by atoms with van der Waals surface area (Å²) in [4.78, 5) is 4.36. The summed E-state index contributed by atoms with van der Waals surface area (Å²) in [5.74, 6) is 1.09. The standard InChI is InChI=1S/C23H27N3O2S2/c24-23-26(21-15-30(27,28)16-22(21)29-23)20-8-6-19(7-9-20)25-12-10-18(11-13-25)14-17-4-2-1-3-5-17/h1-9,18,21-22,24H,10-16H2/t21-,22-/m1/s1. The number of hydrogen-bond acceptors (Lipinski definition) is 5. The molecule has 5 rings (SSSR count). The maximum absolute atomic E-state index is 12.0. The molecule has 0 spiro atoms. The van der Waals surface area contributed by atoms with Gasteiger partial charge < -0.3 is 9.80 Å². The Hall–Kier alpha value is -1.99. The monoisotopic (exact) mass is 441 g/mol. The summed E-state index contributed by atoms with van der Waals surface area (Å²) in [6.45, 7) is 2.13. The Morgan fingerprint density at radius 3 is 2.30 bits per heavy atom. The first kappa shape index (κ1) is 19.9. The molecule has 3 saturated heterocycles. The minimum Gasteiger partial charge on any atom is -0.372 e. The van der Waals surface area contributed by atoms with E-state index < -0.39 is 9.84 Å². The molecular weight excluding hydrogens is 414 g/mol. The number of thioether (sulfide) groups is 1. The molecule has 3 heterocycles. The van der Waals surface area contributed by atoms with Gasteiger partial charge in [0, 0.05) is 29.7 Å². The highest BCUT2D eigenvalue weighted by molar-refractivity contribution is 8.15. The molecular formula is C23H27N3O2S2. The predicted molar refractivity (Wildman–Crippen MR) is 126 cm³/mol. The van der Waals surface area contributed by atoms with Gasteiger partial charge in [-0.15, -0.1) is 0 Å². The normalized spacial score (nSPS) is 26.2. The number of sulfone groups is 1. The molecule has 0 bridgehead atoms. The van der Waals surface area contributed by atoms with Crippen LogP contribution in [-0.4, -0.2) is 49.5 Å². The second-order valence-corrected chi connectivity index (χ2v) is 12.0. The first-order valence-corrected chi connectivity index (χ1v) is 13.3. The van der Waals surface area contributed by atoms with Crippen molar-refractivity contribution in [2.45, 2.75) is 30.6 Å². The van der Waals surface area contributed by atoms with Crippen molar-refractivity contribution in [3.05, 3.63) is 60.2 Å². The minimum absolute atomic E-state index is 0.00850. The lowest BCUT2D eigenvalue weighted by Crippen LogP contribution is -2.37. The number of piperidine rings is 1. The van der Waals surface area contributed by atoms with Crippen LogP contribution in [0.2, 0.25) is 0 Å². The molecule has 2 aromatic rings. The van der Waals surface area contributed by atoms with Crippen molar-refractivity contribution < 1.29 is 8.42 Å². The fraction of sp³-hybridized carbons (Fsp3) is 0.435. The Morgan fingerprint density at radius 2 is 1.60 bits per heavy atom. The Morgan fingerprint density at radius 1 is 0.933 bits per heavy atom. The number of hydrogen-bond donors (Lipinski definition) is 1. The topological polar surface area (TPSA) is 64.5 Å². The van der Waals surface area contributed by atoms with Crippen molar-refractivity contribution in [2.24, 2.45) is 5.92 Å². The molecule has 2 aromatic carbocycles. The number of nitrogens with zero attached hydrogens (tertiary/aromatic N) is 2. The highest BCUT2D eigenvalue weighted by Gasteiger charge is 2.48. The molecule has 0 aliphatic carbocycles. The number of nitrogens with one attached hydrogen (secondary N) is 1. The number of rotatable bonds is 4. The van der Waals surface area contributed by atoms with E-state index >= 15 is 0 Å². The molecule has 5 nitrogen and oxygen atoms in total. The van der Waals surface area contributed by atoms with Gasteiger partial charge in [-0.25, -0.2) is 8.42 Å². The van der Waals surface area contributed by atoms with Crippen molar-refractivity contribution in [1.29, 1.82) is 5.41 Å². The summed E-state index contributed by atoms with van der Waals surface area (Å²) in [6.07, 6.45) is 3.56. The zero-order valence-corrected chi connectivity index (χ0v) is 18.5. The van der Waals surface area contributed by atoms with Crippen molar-refractivity contribution in [2.75, 3.05) is 34.4 Å². The number of anilines is 2. The number of amidine groups is 1. The van der Waals surface area contributed by atoms with E-state index in [2.05, 4.69) is 47.4 Å². The summed E-state index contributed by atoms with van der Waals surface area (Å²) >= 11 is 1.39. The van der Waals surface area contributed by atoms with Crippen molar-refractivity contribution in [3.63, 3.8) is 0 Å². The van der Waals surface area contributed by atoms with Crippen LogP contribution >= 0.6 is 11.8 Å². The first-order chi connectivity index (χ1) is 14.5. The molecule has 3 fully saturated rings. The first-order valence-electron chi connectivity index (χ1n) is 10.6. The highest BCUT2D eigenvalue weighted by atomic mass is 32.2. The van der Waals surface area contributed by atoms with Crippen molar-refractivity contribution >= 4 is 38.1 Å². The second kappa shape index (κ2) is 7.93. The van der Waals surface area contributed by atoms with Crippen LogP contribution in [-0.2, 0) is 16.3 Å². The Bertz CT molecular complexity index is 1020. The lowest BCUT2D eigenvalue weighted by Gasteiger charge is -2.34. The van der Waals surface area contributed by atoms with E-state index in [-0.39, 0.29) is 22.8 Å². The van der Waals surface area contributed by atoms with Gasteiger partial charge in [-0.1, -0.05) is 42.1 Å². The number of benzene rings is 2. The van der Waals surface area contributed by atoms with Gasteiger partial charge in [0.2, 0.25) is 0 Å². The fourth-order valence-corrected chi connectivity index (χ4v) is 8.77. The molecule has 158 valence electrons. The third-order valence-electron chi connectivity index (χ3n) is 6.56. The van der Waals surface area contributed by atoms with E-state index in [0.29, 0.717) is 5.17 Å². The van der Waals surface area contributed by atoms with Crippen LogP contribution < -0.4 is 9.80 Å². The summed E-state index contributed by atoms with van der Waals surface area (Å²) in [7, 11) is -2.99. The summed E-state index contributed by atoms with van der Waals surface area (Å²) < 4.78 is 24.0. The van der Waals surface area contributed by atoms with Gasteiger partial charge in [-0.3, -0.25) is 5.41 Å². The molecule has 7 heteroatoms. The average molecular weight is 442 g/mol. The van der Waals surface area contributed by atoms with Crippen LogP contribution in [0.15, 0.2) is 54.6 Å². The zero-order valence-electron chi connectivity index (χ0n) is 16.9.